The third-order valence-corrected chi connectivity index (χ3v) is 6.42. The van der Waals surface area contributed by atoms with E-state index in [0.29, 0.717) is 25.2 Å². The second kappa shape index (κ2) is 8.52. The van der Waals surface area contributed by atoms with Crippen molar-refractivity contribution in [3.8, 4) is 11.5 Å². The summed E-state index contributed by atoms with van der Waals surface area (Å²) in [5.74, 6) is 2.32. The number of aliphatic imine (C=N–C) groups is 1. The molecule has 1 amide bonds. The SMILES string of the molecule is Cc1ccc2c(c1)Oc1ccc(C)cc1C(N1CCN(C(=O)c3cccnc3Cl)C(C)C1)=N2. The Morgan fingerprint density at radius 1 is 1.06 bits per heavy atom. The molecule has 0 aliphatic carbocycles. The number of rotatable bonds is 1. The minimum atomic E-state index is -0.0940. The molecule has 0 radical (unpaired) electrons. The normalized spacial score (nSPS) is 17.5. The van der Waals surface area contributed by atoms with Crippen LogP contribution in [0.4, 0.5) is 5.69 Å². The molecular formula is C26H25ClN4O2. The first-order valence-electron chi connectivity index (χ1n) is 11.1. The zero-order valence-corrected chi connectivity index (χ0v) is 19.6. The maximum atomic E-state index is 13.1. The Morgan fingerprint density at radius 3 is 2.64 bits per heavy atom. The summed E-state index contributed by atoms with van der Waals surface area (Å²) in [6, 6.07) is 15.7. The molecule has 1 atom stereocenters. The van der Waals surface area contributed by atoms with E-state index in [1.54, 1.807) is 18.3 Å². The number of fused-ring (bicyclic) bond motifs is 2. The van der Waals surface area contributed by atoms with Crippen molar-refractivity contribution in [1.29, 1.82) is 0 Å². The van der Waals surface area contributed by atoms with E-state index in [1.807, 2.05) is 42.2 Å². The number of ether oxygens (including phenoxy) is 1. The first-order chi connectivity index (χ1) is 15.9. The number of aromatic nitrogens is 1. The fourth-order valence-electron chi connectivity index (χ4n) is 4.39. The molecule has 0 N–H and O–H groups in total. The molecule has 2 aromatic carbocycles. The molecule has 5 rings (SSSR count). The summed E-state index contributed by atoms with van der Waals surface area (Å²) in [5.41, 5.74) is 4.46. The van der Waals surface area contributed by atoms with Gasteiger partial charge >= 0.3 is 0 Å². The molecule has 33 heavy (non-hydrogen) atoms. The molecule has 2 aliphatic heterocycles. The average Bonchev–Trinajstić information content (AvgIpc) is 2.95. The lowest BCUT2D eigenvalue weighted by atomic mass is 10.1. The van der Waals surface area contributed by atoms with Crippen molar-refractivity contribution in [2.24, 2.45) is 4.99 Å². The Morgan fingerprint density at radius 2 is 1.85 bits per heavy atom. The van der Waals surface area contributed by atoms with Crippen LogP contribution in [0.1, 0.15) is 34.0 Å². The summed E-state index contributed by atoms with van der Waals surface area (Å²) < 4.78 is 6.29. The fraction of sp³-hybridized carbons (Fsp3) is 0.269. The fourth-order valence-corrected chi connectivity index (χ4v) is 4.59. The number of hydrogen-bond donors (Lipinski definition) is 0. The topological polar surface area (TPSA) is 58.0 Å². The van der Waals surface area contributed by atoms with Gasteiger partial charge in [0.05, 0.1) is 11.1 Å². The Labute approximate surface area is 198 Å². The van der Waals surface area contributed by atoms with Crippen molar-refractivity contribution in [1.82, 2.24) is 14.8 Å². The van der Waals surface area contributed by atoms with Gasteiger partial charge < -0.3 is 14.5 Å². The monoisotopic (exact) mass is 460 g/mol. The van der Waals surface area contributed by atoms with E-state index in [9.17, 15) is 4.79 Å². The zero-order chi connectivity index (χ0) is 23.1. The Balaban J connectivity index is 1.48. The summed E-state index contributed by atoms with van der Waals surface area (Å²) in [4.78, 5) is 26.3. The number of pyridine rings is 1. The highest BCUT2D eigenvalue weighted by Gasteiger charge is 2.32. The highest BCUT2D eigenvalue weighted by Crippen LogP contribution is 2.39. The Kier molecular flexibility index (Phi) is 5.54. The maximum absolute atomic E-state index is 13.1. The van der Waals surface area contributed by atoms with Gasteiger partial charge in [0, 0.05) is 31.9 Å². The predicted octanol–water partition coefficient (Wildman–Crippen LogP) is 5.38. The van der Waals surface area contributed by atoms with Crippen LogP contribution in [-0.4, -0.2) is 52.2 Å². The van der Waals surface area contributed by atoms with Crippen LogP contribution in [0, 0.1) is 13.8 Å². The standard InChI is InChI=1S/C26H25ClN4O2/c1-16-7-9-22-20(13-16)25(29-21-8-6-17(2)14-23(21)33-22)30-11-12-31(18(3)15-30)26(32)19-5-4-10-28-24(19)27/h4-10,13-14,18H,11-12,15H2,1-3H3. The van der Waals surface area contributed by atoms with Crippen molar-refractivity contribution in [3.05, 3.63) is 82.1 Å². The van der Waals surface area contributed by atoms with Crippen molar-refractivity contribution in [2.45, 2.75) is 26.8 Å². The molecule has 7 heteroatoms. The van der Waals surface area contributed by atoms with Crippen LogP contribution in [0.15, 0.2) is 59.7 Å². The smallest absolute Gasteiger partial charge is 0.257 e. The van der Waals surface area contributed by atoms with Crippen LogP contribution < -0.4 is 4.74 Å². The van der Waals surface area contributed by atoms with Gasteiger partial charge in [-0.25, -0.2) is 9.98 Å². The second-order valence-electron chi connectivity index (χ2n) is 8.64. The number of halogens is 1. The molecule has 6 nitrogen and oxygen atoms in total. The average molecular weight is 461 g/mol. The molecule has 0 saturated carbocycles. The van der Waals surface area contributed by atoms with Gasteiger partial charge in [-0.3, -0.25) is 4.79 Å². The van der Waals surface area contributed by atoms with Gasteiger partial charge in [0.25, 0.3) is 5.91 Å². The van der Waals surface area contributed by atoms with Crippen LogP contribution in [0.25, 0.3) is 0 Å². The van der Waals surface area contributed by atoms with Gasteiger partial charge in [0.1, 0.15) is 22.4 Å². The molecule has 3 aromatic rings. The van der Waals surface area contributed by atoms with Gasteiger partial charge in [-0.05, 0) is 62.7 Å². The van der Waals surface area contributed by atoms with E-state index < -0.39 is 0 Å². The molecule has 1 fully saturated rings. The highest BCUT2D eigenvalue weighted by atomic mass is 35.5. The summed E-state index contributed by atoms with van der Waals surface area (Å²) >= 11 is 6.18. The number of nitrogens with zero attached hydrogens (tertiary/aromatic N) is 4. The summed E-state index contributed by atoms with van der Waals surface area (Å²) in [6.07, 6.45) is 1.59. The van der Waals surface area contributed by atoms with Gasteiger partial charge in [0.15, 0.2) is 5.75 Å². The number of aryl methyl sites for hydroxylation is 2. The number of hydrogen-bond acceptors (Lipinski definition) is 5. The summed E-state index contributed by atoms with van der Waals surface area (Å²) in [7, 11) is 0. The lowest BCUT2D eigenvalue weighted by molar-refractivity contribution is 0.0581. The largest absolute Gasteiger partial charge is 0.454 e. The van der Waals surface area contributed by atoms with Crippen molar-refractivity contribution >= 4 is 29.0 Å². The quantitative estimate of drug-likeness (QED) is 0.457. The number of carbonyl (C=O) groups excluding carboxylic acids is 1. The van der Waals surface area contributed by atoms with Crippen LogP contribution >= 0.6 is 11.6 Å². The second-order valence-corrected chi connectivity index (χ2v) is 9.00. The number of piperazine rings is 1. The first-order valence-corrected chi connectivity index (χ1v) is 11.4. The van der Waals surface area contributed by atoms with Gasteiger partial charge in [-0.1, -0.05) is 29.3 Å². The molecular weight excluding hydrogens is 436 g/mol. The molecule has 168 valence electrons. The molecule has 3 heterocycles. The summed E-state index contributed by atoms with van der Waals surface area (Å²) in [6.45, 7) is 8.03. The minimum Gasteiger partial charge on any atom is -0.454 e. The van der Waals surface area contributed by atoms with Crippen molar-refractivity contribution in [2.75, 3.05) is 19.6 Å². The molecule has 1 saturated heterocycles. The van der Waals surface area contributed by atoms with E-state index in [-0.39, 0.29) is 17.1 Å². The van der Waals surface area contributed by atoms with E-state index in [2.05, 4.69) is 29.8 Å². The van der Waals surface area contributed by atoms with Gasteiger partial charge in [-0.15, -0.1) is 0 Å². The molecule has 0 bridgehead atoms. The van der Waals surface area contributed by atoms with Crippen LogP contribution in [0.5, 0.6) is 11.5 Å². The predicted molar refractivity (Wildman–Crippen MR) is 130 cm³/mol. The Bertz CT molecular complexity index is 1270. The number of amidine groups is 1. The first kappa shape index (κ1) is 21.5. The maximum Gasteiger partial charge on any atom is 0.257 e. The number of benzene rings is 2. The lowest BCUT2D eigenvalue weighted by Crippen LogP contribution is -2.55. The molecule has 0 spiro atoms. The summed E-state index contributed by atoms with van der Waals surface area (Å²) in [5, 5.41) is 0.235. The van der Waals surface area contributed by atoms with E-state index in [0.717, 1.165) is 39.7 Å². The highest BCUT2D eigenvalue weighted by molar-refractivity contribution is 6.32. The molecule has 1 aromatic heterocycles. The molecule has 1 unspecified atom stereocenters. The Hall–Kier alpha value is -3.38. The van der Waals surface area contributed by atoms with Crippen LogP contribution in [0.3, 0.4) is 0 Å². The van der Waals surface area contributed by atoms with Gasteiger partial charge in [0.2, 0.25) is 0 Å². The van der Waals surface area contributed by atoms with Gasteiger partial charge in [-0.2, -0.15) is 0 Å². The zero-order valence-electron chi connectivity index (χ0n) is 18.9. The van der Waals surface area contributed by atoms with Crippen LogP contribution in [-0.2, 0) is 0 Å². The van der Waals surface area contributed by atoms with E-state index in [4.69, 9.17) is 21.3 Å². The van der Waals surface area contributed by atoms with Crippen molar-refractivity contribution in [3.63, 3.8) is 0 Å². The van der Waals surface area contributed by atoms with Crippen molar-refractivity contribution < 1.29 is 9.53 Å². The van der Waals surface area contributed by atoms with Crippen LogP contribution in [0.2, 0.25) is 5.15 Å². The minimum absolute atomic E-state index is 0.0276. The number of amides is 1. The van der Waals surface area contributed by atoms with E-state index >= 15 is 0 Å². The van der Waals surface area contributed by atoms with E-state index in [1.165, 1.54) is 0 Å². The third kappa shape index (κ3) is 4.07. The number of carbonyl (C=O) groups is 1. The molecule has 2 aliphatic rings. The lowest BCUT2D eigenvalue weighted by Gasteiger charge is -2.41. The third-order valence-electron chi connectivity index (χ3n) is 6.11.